The summed E-state index contributed by atoms with van der Waals surface area (Å²) in [7, 11) is 0. The minimum absolute atomic E-state index is 0. The van der Waals surface area contributed by atoms with Crippen LogP contribution < -0.4 is 40.0 Å². The van der Waals surface area contributed by atoms with Gasteiger partial charge < -0.3 is 29.8 Å². The molecule has 8 heteroatoms. The largest absolute Gasteiger partial charge is 1.00 e. The van der Waals surface area contributed by atoms with Crippen LogP contribution in [0.25, 0.3) is 0 Å². The van der Waals surface area contributed by atoms with E-state index >= 15 is 0 Å². The van der Waals surface area contributed by atoms with Gasteiger partial charge in [-0.05, 0) is 46.5 Å². The van der Waals surface area contributed by atoms with Gasteiger partial charge >= 0.3 is 35.7 Å². The van der Waals surface area contributed by atoms with Gasteiger partial charge in [0.1, 0.15) is 5.60 Å². The molecule has 0 atom stereocenters. The van der Waals surface area contributed by atoms with Crippen LogP contribution in [0.3, 0.4) is 0 Å². The van der Waals surface area contributed by atoms with Crippen LogP contribution in [0.4, 0.5) is 4.79 Å². The van der Waals surface area contributed by atoms with Crippen molar-refractivity contribution in [2.75, 3.05) is 19.8 Å². The summed E-state index contributed by atoms with van der Waals surface area (Å²) >= 11 is 0. The Hall–Kier alpha value is -0.340. The Morgan fingerprint density at radius 2 is 1.80 bits per heavy atom. The summed E-state index contributed by atoms with van der Waals surface area (Å²) in [6, 6.07) is 0. The van der Waals surface area contributed by atoms with E-state index in [1.165, 1.54) is 19.3 Å². The number of carboxylic acids is 1. The fourth-order valence-corrected chi connectivity index (χ4v) is 2.17. The number of alkyl carbamates (subject to hydrolysis) is 1. The molecule has 0 spiro atoms. The minimum atomic E-state index is -0.979. The van der Waals surface area contributed by atoms with Gasteiger partial charge in [0.2, 0.25) is 0 Å². The van der Waals surface area contributed by atoms with E-state index in [2.05, 4.69) is 5.32 Å². The topological polar surface area (TPSA) is 108 Å². The van der Waals surface area contributed by atoms with E-state index in [0.717, 1.165) is 12.8 Å². The van der Waals surface area contributed by atoms with Crippen LogP contribution in [0.5, 0.6) is 0 Å². The van der Waals surface area contributed by atoms with Crippen LogP contribution >= 0.6 is 0 Å². The monoisotopic (exact) mass is 369 g/mol. The number of rotatable bonds is 7. The van der Waals surface area contributed by atoms with E-state index in [1.807, 2.05) is 0 Å². The third-order valence-electron chi connectivity index (χ3n) is 3.21. The van der Waals surface area contributed by atoms with Gasteiger partial charge in [0.15, 0.2) is 0 Å². The molecule has 1 rings (SSSR count). The molecule has 1 aliphatic carbocycles. The summed E-state index contributed by atoms with van der Waals surface area (Å²) in [4.78, 5) is 20.9. The van der Waals surface area contributed by atoms with Crippen LogP contribution in [0.2, 0.25) is 0 Å². The minimum Gasteiger partial charge on any atom is -0.550 e. The number of amides is 1. The number of aliphatic carboxylic acids is 1. The Balaban J connectivity index is 0. The van der Waals surface area contributed by atoms with Crippen molar-refractivity contribution in [3.63, 3.8) is 0 Å². The average molecular weight is 369 g/mol. The maximum Gasteiger partial charge on any atom is 1.00 e. The second-order valence-electron chi connectivity index (χ2n) is 6.76. The summed E-state index contributed by atoms with van der Waals surface area (Å²) in [5.74, 6) is -0.979. The molecule has 0 unspecified atom stereocenters. The molecule has 1 saturated carbocycles. The molecule has 2 N–H and O–H groups in total. The predicted molar refractivity (Wildman–Crippen MR) is 88.4 cm³/mol. The fourth-order valence-electron chi connectivity index (χ4n) is 2.17. The van der Waals surface area contributed by atoms with Crippen LogP contribution in [0.15, 0.2) is 0 Å². The molecular weight excluding hydrogens is 337 g/mol. The first-order valence-electron chi connectivity index (χ1n) is 8.63. The van der Waals surface area contributed by atoms with Crippen molar-refractivity contribution in [3.8, 4) is 0 Å². The number of carbonyl (C=O) groups excluding carboxylic acids is 2. The molecule has 0 aromatic rings. The fraction of sp³-hybridized carbons (Fsp3) is 0.882. The SMILES string of the molecule is CC(C)(C)OC(=O)NCCO.O=C([O-])CCCOC1CCCCC1.[Na+]. The van der Waals surface area contributed by atoms with Crippen molar-refractivity contribution < 1.29 is 58.8 Å². The first-order chi connectivity index (χ1) is 11.2. The number of carbonyl (C=O) groups is 2. The van der Waals surface area contributed by atoms with Gasteiger partial charge in [0.05, 0.1) is 12.7 Å². The van der Waals surface area contributed by atoms with E-state index in [9.17, 15) is 14.7 Å². The van der Waals surface area contributed by atoms with Gasteiger partial charge in [-0.3, -0.25) is 0 Å². The van der Waals surface area contributed by atoms with Crippen molar-refractivity contribution in [2.45, 2.75) is 77.4 Å². The number of aliphatic hydroxyl groups is 1. The van der Waals surface area contributed by atoms with Gasteiger partial charge in [-0.15, -0.1) is 0 Å². The second-order valence-corrected chi connectivity index (χ2v) is 6.76. The third-order valence-corrected chi connectivity index (χ3v) is 3.21. The summed E-state index contributed by atoms with van der Waals surface area (Å²) < 4.78 is 10.4. The van der Waals surface area contributed by atoms with Gasteiger partial charge in [-0.2, -0.15) is 0 Å². The van der Waals surface area contributed by atoms with Crippen LogP contribution in [-0.4, -0.2) is 48.6 Å². The molecule has 0 aromatic heterocycles. The van der Waals surface area contributed by atoms with E-state index in [0.29, 0.717) is 19.1 Å². The number of nitrogens with one attached hydrogen (secondary N) is 1. The van der Waals surface area contributed by atoms with Gasteiger partial charge in [0.25, 0.3) is 0 Å². The van der Waals surface area contributed by atoms with Crippen LogP contribution in [-0.2, 0) is 14.3 Å². The summed E-state index contributed by atoms with van der Waals surface area (Å²) in [5.41, 5.74) is -0.473. The van der Waals surface area contributed by atoms with Crippen LogP contribution in [0, 0.1) is 0 Å². The van der Waals surface area contributed by atoms with E-state index in [4.69, 9.17) is 14.6 Å². The molecular formula is C17H32NNaO6. The van der Waals surface area contributed by atoms with Crippen molar-refractivity contribution in [1.29, 1.82) is 0 Å². The third kappa shape index (κ3) is 19.8. The molecule has 0 saturated heterocycles. The molecule has 7 nitrogen and oxygen atoms in total. The number of carboxylic acid groups (broad SMARTS) is 1. The van der Waals surface area contributed by atoms with E-state index in [-0.39, 0.29) is 49.1 Å². The maximum atomic E-state index is 10.8. The molecule has 25 heavy (non-hydrogen) atoms. The summed E-state index contributed by atoms with van der Waals surface area (Å²) in [6.45, 7) is 6.08. The molecule has 0 aliphatic heterocycles. The van der Waals surface area contributed by atoms with Crippen molar-refractivity contribution >= 4 is 12.1 Å². The molecule has 1 fully saturated rings. The average Bonchev–Trinajstić information content (AvgIpc) is 2.49. The number of aliphatic hydroxyl groups excluding tert-OH is 1. The Bertz CT molecular complexity index is 354. The maximum absolute atomic E-state index is 10.8. The number of ether oxygens (including phenoxy) is 2. The Morgan fingerprint density at radius 3 is 2.28 bits per heavy atom. The number of hydrogen-bond acceptors (Lipinski definition) is 6. The standard InChI is InChI=1S/C10H18O3.C7H15NO3.Na/c11-10(12)7-4-8-13-9-5-2-1-3-6-9;1-7(2,3)11-6(10)8-4-5-9;/h9H,1-8H2,(H,11,12);9H,4-5H2,1-3H3,(H,8,10);/q;;+1/p-1. The zero-order chi connectivity index (χ0) is 18.4. The van der Waals surface area contributed by atoms with Crippen molar-refractivity contribution in [1.82, 2.24) is 5.32 Å². The smallest absolute Gasteiger partial charge is 0.550 e. The molecule has 0 radical (unpaired) electrons. The molecule has 0 aromatic carbocycles. The molecule has 1 aliphatic rings. The zero-order valence-corrected chi connectivity index (χ0v) is 18.1. The Kier molecular flexibility index (Phi) is 17.1. The molecule has 0 heterocycles. The normalized spacial score (nSPS) is 14.6. The first kappa shape index (κ1) is 26.9. The molecule has 0 bridgehead atoms. The molecule has 1 amide bonds. The van der Waals surface area contributed by atoms with Crippen molar-refractivity contribution in [2.24, 2.45) is 0 Å². The predicted octanol–water partition coefficient (Wildman–Crippen LogP) is -1.63. The number of hydrogen-bond donors (Lipinski definition) is 2. The van der Waals surface area contributed by atoms with Gasteiger partial charge in [-0.1, -0.05) is 19.3 Å². The van der Waals surface area contributed by atoms with Gasteiger partial charge in [-0.25, -0.2) is 4.79 Å². The van der Waals surface area contributed by atoms with Crippen molar-refractivity contribution in [3.05, 3.63) is 0 Å². The first-order valence-corrected chi connectivity index (χ1v) is 8.63. The summed E-state index contributed by atoms with van der Waals surface area (Å²) in [6.07, 6.45) is 6.71. The Morgan fingerprint density at radius 1 is 1.20 bits per heavy atom. The van der Waals surface area contributed by atoms with Crippen LogP contribution in [0.1, 0.15) is 65.7 Å². The van der Waals surface area contributed by atoms with Gasteiger partial charge in [0, 0.05) is 19.1 Å². The summed E-state index contributed by atoms with van der Waals surface area (Å²) in [5, 5.41) is 20.8. The zero-order valence-electron chi connectivity index (χ0n) is 16.1. The second kappa shape index (κ2) is 15.9. The quantitative estimate of drug-likeness (QED) is 0.412. The van der Waals surface area contributed by atoms with E-state index in [1.54, 1.807) is 20.8 Å². The van der Waals surface area contributed by atoms with E-state index < -0.39 is 17.7 Å². The molecule has 142 valence electrons. The Labute approximate surface area is 173 Å².